The maximum atomic E-state index is 13.1. The van der Waals surface area contributed by atoms with Crippen LogP contribution in [0.2, 0.25) is 0 Å². The lowest BCUT2D eigenvalue weighted by molar-refractivity contribution is 0.624. The molecule has 0 saturated carbocycles. The van der Waals surface area contributed by atoms with Crippen LogP contribution in [-0.2, 0) is 6.54 Å². The molecule has 2 rings (SSSR count). The van der Waals surface area contributed by atoms with Crippen LogP contribution >= 0.6 is 11.3 Å². The minimum atomic E-state index is -0.497. The van der Waals surface area contributed by atoms with E-state index in [2.05, 4.69) is 10.3 Å². The van der Waals surface area contributed by atoms with Crippen molar-refractivity contribution in [3.63, 3.8) is 0 Å². The first-order valence-corrected chi connectivity index (χ1v) is 5.91. The van der Waals surface area contributed by atoms with Crippen LogP contribution in [0.4, 0.5) is 10.1 Å². The quantitative estimate of drug-likeness (QED) is 0.906. The number of benzene rings is 1. The van der Waals surface area contributed by atoms with Crippen LogP contribution in [0, 0.1) is 24.1 Å². The van der Waals surface area contributed by atoms with Gasteiger partial charge >= 0.3 is 0 Å². The molecule has 1 N–H and O–H groups in total. The van der Waals surface area contributed by atoms with Gasteiger partial charge in [0.05, 0.1) is 12.1 Å². The van der Waals surface area contributed by atoms with Crippen LogP contribution < -0.4 is 5.32 Å². The number of nitrogens with one attached hydrogen (secondary N) is 1. The van der Waals surface area contributed by atoms with Crippen molar-refractivity contribution in [2.24, 2.45) is 0 Å². The van der Waals surface area contributed by atoms with Crippen LogP contribution in [0.1, 0.15) is 16.3 Å². The third-order valence-electron chi connectivity index (χ3n) is 2.20. The third-order valence-corrected chi connectivity index (χ3v) is 3.16. The molecule has 0 saturated heterocycles. The van der Waals surface area contributed by atoms with Crippen molar-refractivity contribution in [1.82, 2.24) is 4.98 Å². The van der Waals surface area contributed by atoms with E-state index in [0.29, 0.717) is 6.54 Å². The van der Waals surface area contributed by atoms with Gasteiger partial charge in [0.1, 0.15) is 16.9 Å². The summed E-state index contributed by atoms with van der Waals surface area (Å²) in [6, 6.07) is 6.20. The van der Waals surface area contributed by atoms with Crippen molar-refractivity contribution in [3.05, 3.63) is 45.7 Å². The lowest BCUT2D eigenvalue weighted by Crippen LogP contribution is -1.99. The van der Waals surface area contributed by atoms with Crippen LogP contribution in [0.3, 0.4) is 0 Å². The molecule has 0 aliphatic heterocycles. The van der Waals surface area contributed by atoms with Gasteiger partial charge in [-0.25, -0.2) is 9.37 Å². The molecule has 3 nitrogen and oxygen atoms in total. The number of hydrogen-bond donors (Lipinski definition) is 1. The number of hydrogen-bond acceptors (Lipinski definition) is 4. The number of nitriles is 1. The highest BCUT2D eigenvalue weighted by molar-refractivity contribution is 7.09. The molecule has 5 heteroatoms. The first-order valence-electron chi connectivity index (χ1n) is 5.03. The predicted molar refractivity (Wildman–Crippen MR) is 65.3 cm³/mol. The van der Waals surface area contributed by atoms with Gasteiger partial charge < -0.3 is 5.32 Å². The second kappa shape index (κ2) is 4.93. The Morgan fingerprint density at radius 3 is 3.00 bits per heavy atom. The molecular weight excluding hydrogens is 237 g/mol. The summed E-state index contributed by atoms with van der Waals surface area (Å²) in [7, 11) is 0. The molecule has 0 atom stereocenters. The lowest BCUT2D eigenvalue weighted by atomic mass is 10.2. The van der Waals surface area contributed by atoms with E-state index in [-0.39, 0.29) is 5.56 Å². The topological polar surface area (TPSA) is 48.7 Å². The Balaban J connectivity index is 2.07. The predicted octanol–water partition coefficient (Wildman–Crippen LogP) is 3.07. The molecule has 0 bridgehead atoms. The number of aromatic nitrogens is 1. The van der Waals surface area contributed by atoms with Crippen LogP contribution in [0.15, 0.2) is 23.6 Å². The van der Waals surface area contributed by atoms with Gasteiger partial charge in [-0.05, 0) is 25.1 Å². The summed E-state index contributed by atoms with van der Waals surface area (Å²) in [5.41, 5.74) is 1.75. The third kappa shape index (κ3) is 2.80. The Kier molecular flexibility index (Phi) is 3.35. The Bertz CT molecular complexity index is 571. The average molecular weight is 247 g/mol. The fraction of sp³-hybridized carbons (Fsp3) is 0.167. The molecule has 0 spiro atoms. The standard InChI is InChI=1S/C12H10FN3S/c1-8-7-17-12(16-8)6-15-10-2-3-11(13)9(4-10)5-14/h2-4,7,15H,6H2,1H3. The Hall–Kier alpha value is -1.93. The zero-order valence-corrected chi connectivity index (χ0v) is 10.0. The highest BCUT2D eigenvalue weighted by Crippen LogP contribution is 2.16. The zero-order valence-electron chi connectivity index (χ0n) is 9.20. The molecule has 0 aliphatic rings. The zero-order chi connectivity index (χ0) is 12.3. The van der Waals surface area contributed by atoms with E-state index in [4.69, 9.17) is 5.26 Å². The number of rotatable bonds is 3. The van der Waals surface area contributed by atoms with E-state index >= 15 is 0 Å². The largest absolute Gasteiger partial charge is 0.378 e. The average Bonchev–Trinajstić information content (AvgIpc) is 2.74. The second-order valence-corrected chi connectivity index (χ2v) is 4.49. The van der Waals surface area contributed by atoms with E-state index in [9.17, 15) is 4.39 Å². The monoisotopic (exact) mass is 247 g/mol. The first kappa shape index (κ1) is 11.6. The highest BCUT2D eigenvalue weighted by atomic mass is 32.1. The summed E-state index contributed by atoms with van der Waals surface area (Å²) < 4.78 is 13.1. The van der Waals surface area contributed by atoms with Crippen LogP contribution in [-0.4, -0.2) is 4.98 Å². The minimum Gasteiger partial charge on any atom is -0.378 e. The summed E-state index contributed by atoms with van der Waals surface area (Å²) in [5, 5.41) is 14.7. The van der Waals surface area contributed by atoms with Crippen molar-refractivity contribution in [3.8, 4) is 6.07 Å². The van der Waals surface area contributed by atoms with E-state index in [0.717, 1.165) is 16.4 Å². The SMILES string of the molecule is Cc1csc(CNc2ccc(F)c(C#N)c2)n1. The van der Waals surface area contributed by atoms with Gasteiger partial charge in [-0.3, -0.25) is 0 Å². The molecule has 0 amide bonds. The van der Waals surface area contributed by atoms with Crippen molar-refractivity contribution in [1.29, 1.82) is 5.26 Å². The van der Waals surface area contributed by atoms with Gasteiger partial charge in [0.25, 0.3) is 0 Å². The normalized spacial score (nSPS) is 9.94. The molecule has 0 radical (unpaired) electrons. The van der Waals surface area contributed by atoms with Crippen molar-refractivity contribution in [2.75, 3.05) is 5.32 Å². The summed E-state index contributed by atoms with van der Waals surface area (Å²) in [5.74, 6) is -0.497. The number of anilines is 1. The summed E-state index contributed by atoms with van der Waals surface area (Å²) >= 11 is 1.57. The van der Waals surface area contributed by atoms with Gasteiger partial charge in [0.2, 0.25) is 0 Å². The number of nitrogens with zero attached hydrogens (tertiary/aromatic N) is 2. The molecule has 17 heavy (non-hydrogen) atoms. The molecule has 86 valence electrons. The van der Waals surface area contributed by atoms with Gasteiger partial charge in [0.15, 0.2) is 0 Å². The number of aryl methyl sites for hydroxylation is 1. The fourth-order valence-corrected chi connectivity index (χ4v) is 2.09. The minimum absolute atomic E-state index is 0.0466. The van der Waals surface area contributed by atoms with Gasteiger partial charge in [-0.1, -0.05) is 0 Å². The van der Waals surface area contributed by atoms with E-state index in [1.807, 2.05) is 18.4 Å². The second-order valence-electron chi connectivity index (χ2n) is 3.54. The fourth-order valence-electron chi connectivity index (χ4n) is 1.38. The first-order chi connectivity index (χ1) is 8.19. The number of thiazole rings is 1. The maximum absolute atomic E-state index is 13.1. The van der Waals surface area contributed by atoms with Gasteiger partial charge in [0, 0.05) is 16.8 Å². The highest BCUT2D eigenvalue weighted by Gasteiger charge is 2.03. The number of halogens is 1. The molecule has 0 unspecified atom stereocenters. The molecule has 1 aromatic heterocycles. The summed E-state index contributed by atoms with van der Waals surface area (Å²) in [4.78, 5) is 4.30. The van der Waals surface area contributed by atoms with Crippen molar-refractivity contribution in [2.45, 2.75) is 13.5 Å². The van der Waals surface area contributed by atoms with E-state index in [1.54, 1.807) is 17.4 Å². The van der Waals surface area contributed by atoms with Crippen molar-refractivity contribution >= 4 is 17.0 Å². The molecule has 0 aliphatic carbocycles. The lowest BCUT2D eigenvalue weighted by Gasteiger charge is -2.04. The van der Waals surface area contributed by atoms with Crippen molar-refractivity contribution < 1.29 is 4.39 Å². The Morgan fingerprint density at radius 2 is 2.35 bits per heavy atom. The maximum Gasteiger partial charge on any atom is 0.141 e. The smallest absolute Gasteiger partial charge is 0.141 e. The molecular formula is C12H10FN3S. The molecule has 1 aromatic carbocycles. The Labute approximate surface area is 103 Å². The Morgan fingerprint density at radius 1 is 1.53 bits per heavy atom. The van der Waals surface area contributed by atoms with Gasteiger partial charge in [-0.2, -0.15) is 5.26 Å². The van der Waals surface area contributed by atoms with Gasteiger partial charge in [-0.15, -0.1) is 11.3 Å². The molecule has 1 heterocycles. The van der Waals surface area contributed by atoms with Crippen LogP contribution in [0.25, 0.3) is 0 Å². The summed E-state index contributed by atoms with van der Waals surface area (Å²) in [6.07, 6.45) is 0. The van der Waals surface area contributed by atoms with E-state index < -0.39 is 5.82 Å². The van der Waals surface area contributed by atoms with E-state index in [1.165, 1.54) is 12.1 Å². The molecule has 0 fully saturated rings. The summed E-state index contributed by atoms with van der Waals surface area (Å²) in [6.45, 7) is 2.51. The molecule has 2 aromatic rings. The van der Waals surface area contributed by atoms with Crippen LogP contribution in [0.5, 0.6) is 0 Å².